The van der Waals surface area contributed by atoms with Crippen LogP contribution in [0.3, 0.4) is 0 Å². The highest BCUT2D eigenvalue weighted by Crippen LogP contribution is 2.32. The predicted octanol–water partition coefficient (Wildman–Crippen LogP) is 5.98. The normalized spacial score (nSPS) is 12.4. The summed E-state index contributed by atoms with van der Waals surface area (Å²) in [5.74, 6) is 0. The second-order valence-electron chi connectivity index (χ2n) is 4.26. The average Bonchev–Trinajstić information content (AvgIpc) is 2.32. The van der Waals surface area contributed by atoms with Gasteiger partial charge in [-0.15, -0.1) is 0 Å². The first-order chi connectivity index (χ1) is 8.58. The molecular formula is C15H13BrCl2. The molecule has 2 aromatic carbocycles. The summed E-state index contributed by atoms with van der Waals surface area (Å²) in [4.78, 5) is 0.245. The van der Waals surface area contributed by atoms with E-state index in [1.54, 1.807) is 0 Å². The second-order valence-corrected chi connectivity index (χ2v) is 6.20. The van der Waals surface area contributed by atoms with Gasteiger partial charge in [0.25, 0.3) is 0 Å². The number of halogens is 3. The zero-order valence-corrected chi connectivity index (χ0v) is 13.1. The molecule has 0 amide bonds. The molecule has 0 saturated carbocycles. The van der Waals surface area contributed by atoms with Gasteiger partial charge in [-0.1, -0.05) is 63.4 Å². The predicted molar refractivity (Wildman–Crippen MR) is 83.0 cm³/mol. The molecule has 94 valence electrons. The molecule has 0 aliphatic carbocycles. The van der Waals surface area contributed by atoms with E-state index in [1.807, 2.05) is 37.3 Å². The maximum Gasteiger partial charge on any atom is 0.0438 e. The molecule has 1 atom stereocenters. The van der Waals surface area contributed by atoms with E-state index in [1.165, 1.54) is 11.1 Å². The maximum absolute atomic E-state index is 6.14. The Hall–Kier alpha value is -0.500. The van der Waals surface area contributed by atoms with Crippen LogP contribution in [0.1, 0.15) is 21.5 Å². The van der Waals surface area contributed by atoms with Gasteiger partial charge in [0.2, 0.25) is 0 Å². The van der Waals surface area contributed by atoms with Crippen LogP contribution in [-0.4, -0.2) is 0 Å². The summed E-state index contributed by atoms with van der Waals surface area (Å²) in [5, 5.41) is 1.58. The molecule has 0 N–H and O–H groups in total. The van der Waals surface area contributed by atoms with Crippen molar-refractivity contribution in [2.75, 3.05) is 0 Å². The molecule has 2 aromatic rings. The third-order valence-corrected chi connectivity index (χ3v) is 4.41. The fourth-order valence-electron chi connectivity index (χ4n) is 1.94. The van der Waals surface area contributed by atoms with Crippen LogP contribution in [0.15, 0.2) is 42.5 Å². The van der Waals surface area contributed by atoms with Gasteiger partial charge < -0.3 is 0 Å². The summed E-state index contributed by atoms with van der Waals surface area (Å²) in [6.45, 7) is 2.05. The molecule has 1 unspecified atom stereocenters. The van der Waals surface area contributed by atoms with Crippen LogP contribution in [0.4, 0.5) is 0 Å². The molecule has 2 rings (SSSR count). The highest BCUT2D eigenvalue weighted by Gasteiger charge is 2.12. The first-order valence-corrected chi connectivity index (χ1v) is 7.38. The third kappa shape index (κ3) is 3.28. The summed E-state index contributed by atoms with van der Waals surface area (Å²) >= 11 is 15.9. The molecule has 0 saturated heterocycles. The lowest BCUT2D eigenvalue weighted by atomic mass is 10.0. The van der Waals surface area contributed by atoms with E-state index in [0.29, 0.717) is 0 Å². The van der Waals surface area contributed by atoms with Crippen LogP contribution in [0.25, 0.3) is 0 Å². The Kier molecular flexibility index (Phi) is 4.71. The minimum absolute atomic E-state index is 0.245. The van der Waals surface area contributed by atoms with Crippen molar-refractivity contribution in [3.8, 4) is 0 Å². The van der Waals surface area contributed by atoms with E-state index in [2.05, 4.69) is 28.1 Å². The zero-order valence-electron chi connectivity index (χ0n) is 9.96. The minimum Gasteiger partial charge on any atom is -0.0843 e. The Bertz CT molecular complexity index is 552. The number of alkyl halides is 1. The second kappa shape index (κ2) is 6.10. The maximum atomic E-state index is 6.14. The SMILES string of the molecule is Cc1c(Cl)cccc1C(Br)Cc1cccc(Cl)c1. The zero-order chi connectivity index (χ0) is 13.1. The van der Waals surface area contributed by atoms with Crippen LogP contribution < -0.4 is 0 Å². The van der Waals surface area contributed by atoms with Crippen molar-refractivity contribution in [2.24, 2.45) is 0 Å². The number of rotatable bonds is 3. The van der Waals surface area contributed by atoms with E-state index >= 15 is 0 Å². The molecule has 0 aromatic heterocycles. The lowest BCUT2D eigenvalue weighted by Crippen LogP contribution is -1.98. The molecule has 0 bridgehead atoms. The van der Waals surface area contributed by atoms with Gasteiger partial charge >= 0.3 is 0 Å². The number of benzene rings is 2. The number of hydrogen-bond donors (Lipinski definition) is 0. The molecule has 0 heterocycles. The van der Waals surface area contributed by atoms with E-state index in [-0.39, 0.29) is 4.83 Å². The van der Waals surface area contributed by atoms with E-state index < -0.39 is 0 Å². The molecule has 0 fully saturated rings. The standard InChI is InChI=1S/C15H13BrCl2/c1-10-13(6-3-7-15(10)18)14(16)9-11-4-2-5-12(17)8-11/h2-8,14H,9H2,1H3. The summed E-state index contributed by atoms with van der Waals surface area (Å²) < 4.78 is 0. The minimum atomic E-state index is 0.245. The van der Waals surface area contributed by atoms with Gasteiger partial charge in [-0.25, -0.2) is 0 Å². The smallest absolute Gasteiger partial charge is 0.0438 e. The van der Waals surface area contributed by atoms with Gasteiger partial charge in [0, 0.05) is 14.9 Å². The average molecular weight is 344 g/mol. The Balaban J connectivity index is 2.22. The molecule has 0 nitrogen and oxygen atoms in total. The van der Waals surface area contributed by atoms with E-state index in [4.69, 9.17) is 23.2 Å². The lowest BCUT2D eigenvalue weighted by Gasteiger charge is -2.14. The van der Waals surface area contributed by atoms with Gasteiger partial charge in [-0.3, -0.25) is 0 Å². The quantitative estimate of drug-likeness (QED) is 0.601. The fourth-order valence-corrected chi connectivity index (χ4v) is 3.21. The fraction of sp³-hybridized carbons (Fsp3) is 0.200. The third-order valence-electron chi connectivity index (χ3n) is 2.95. The summed E-state index contributed by atoms with van der Waals surface area (Å²) in [5.41, 5.74) is 3.56. The first-order valence-electron chi connectivity index (χ1n) is 5.71. The topological polar surface area (TPSA) is 0 Å². The van der Waals surface area contributed by atoms with E-state index in [0.717, 1.165) is 22.0 Å². The number of hydrogen-bond acceptors (Lipinski definition) is 0. The van der Waals surface area contributed by atoms with Crippen molar-refractivity contribution in [3.63, 3.8) is 0 Å². The summed E-state index contributed by atoms with van der Waals surface area (Å²) in [6.07, 6.45) is 0.891. The lowest BCUT2D eigenvalue weighted by molar-refractivity contribution is 0.938. The van der Waals surface area contributed by atoms with Gasteiger partial charge in [-0.05, 0) is 48.2 Å². The molecule has 0 spiro atoms. The van der Waals surface area contributed by atoms with Crippen molar-refractivity contribution in [1.29, 1.82) is 0 Å². The summed E-state index contributed by atoms with van der Waals surface area (Å²) in [6, 6.07) is 13.9. The van der Waals surface area contributed by atoms with Gasteiger partial charge in [-0.2, -0.15) is 0 Å². The Morgan fingerprint density at radius 3 is 2.56 bits per heavy atom. The summed E-state index contributed by atoms with van der Waals surface area (Å²) in [7, 11) is 0. The first kappa shape index (κ1) is 13.9. The van der Waals surface area contributed by atoms with Gasteiger partial charge in [0.05, 0.1) is 0 Å². The van der Waals surface area contributed by atoms with Gasteiger partial charge in [0.15, 0.2) is 0 Å². The van der Waals surface area contributed by atoms with Gasteiger partial charge in [0.1, 0.15) is 0 Å². The van der Waals surface area contributed by atoms with Crippen molar-refractivity contribution in [2.45, 2.75) is 18.2 Å². The van der Waals surface area contributed by atoms with Crippen LogP contribution in [0.2, 0.25) is 10.0 Å². The Morgan fingerprint density at radius 1 is 1.11 bits per heavy atom. The molecule has 0 aliphatic heterocycles. The molecule has 3 heteroatoms. The highest BCUT2D eigenvalue weighted by atomic mass is 79.9. The Morgan fingerprint density at radius 2 is 1.83 bits per heavy atom. The van der Waals surface area contributed by atoms with Crippen molar-refractivity contribution in [1.82, 2.24) is 0 Å². The van der Waals surface area contributed by atoms with Crippen molar-refractivity contribution in [3.05, 3.63) is 69.2 Å². The molecule has 0 radical (unpaired) electrons. The highest BCUT2D eigenvalue weighted by molar-refractivity contribution is 9.09. The monoisotopic (exact) mass is 342 g/mol. The van der Waals surface area contributed by atoms with E-state index in [9.17, 15) is 0 Å². The largest absolute Gasteiger partial charge is 0.0843 e. The molecule has 0 aliphatic rings. The van der Waals surface area contributed by atoms with Crippen molar-refractivity contribution >= 4 is 39.1 Å². The van der Waals surface area contributed by atoms with Crippen molar-refractivity contribution < 1.29 is 0 Å². The molecular weight excluding hydrogens is 331 g/mol. The van der Waals surface area contributed by atoms with Crippen LogP contribution in [-0.2, 0) is 6.42 Å². The molecule has 18 heavy (non-hydrogen) atoms. The Labute approximate surface area is 126 Å². The van der Waals surface area contributed by atoms with Crippen LogP contribution in [0, 0.1) is 6.92 Å². The van der Waals surface area contributed by atoms with Crippen LogP contribution >= 0.6 is 39.1 Å². The van der Waals surface area contributed by atoms with Crippen LogP contribution in [0.5, 0.6) is 0 Å².